The zero-order chi connectivity index (χ0) is 16.4. The first-order chi connectivity index (χ1) is 11.1. The van der Waals surface area contributed by atoms with Crippen molar-refractivity contribution in [2.45, 2.75) is 30.6 Å². The number of ether oxygens (including phenoxy) is 5. The highest BCUT2D eigenvalue weighted by Gasteiger charge is 2.49. The van der Waals surface area contributed by atoms with Crippen LogP contribution < -0.4 is 20.5 Å². The third-order valence-electron chi connectivity index (χ3n) is 3.98. The predicted molar refractivity (Wildman–Crippen MR) is 86.5 cm³/mol. The molecule has 23 heavy (non-hydrogen) atoms. The standard InChI is InChI=1S/C15H20N2O5S/c1-18-13-11(17-15(16)23)12-10(22-14(13)19-2)7-20-8-5-3-4-6-9(8)21-12/h3-6,10-14H,7H2,1-2H3,(H3,16,17,23)/t10-,11+,12+,13-,14+/m1/s1. The summed E-state index contributed by atoms with van der Waals surface area (Å²) in [5.41, 5.74) is 5.68. The number of fused-ring (bicyclic) bond motifs is 2. The number of rotatable bonds is 3. The second-order valence-electron chi connectivity index (χ2n) is 5.35. The van der Waals surface area contributed by atoms with Gasteiger partial charge in [0.15, 0.2) is 29.0 Å². The van der Waals surface area contributed by atoms with Gasteiger partial charge >= 0.3 is 0 Å². The van der Waals surface area contributed by atoms with E-state index in [2.05, 4.69) is 5.32 Å². The highest BCUT2D eigenvalue weighted by molar-refractivity contribution is 7.80. The van der Waals surface area contributed by atoms with Crippen molar-refractivity contribution in [2.75, 3.05) is 20.8 Å². The van der Waals surface area contributed by atoms with Gasteiger partial charge in [-0.05, 0) is 24.4 Å². The molecule has 1 aromatic rings. The fourth-order valence-corrected chi connectivity index (χ4v) is 3.10. The lowest BCUT2D eigenvalue weighted by molar-refractivity contribution is -0.267. The Kier molecular flexibility index (Phi) is 4.86. The molecule has 126 valence electrons. The molecule has 2 heterocycles. The van der Waals surface area contributed by atoms with Crippen LogP contribution in [0.15, 0.2) is 24.3 Å². The van der Waals surface area contributed by atoms with Crippen molar-refractivity contribution in [3.63, 3.8) is 0 Å². The van der Waals surface area contributed by atoms with Crippen LogP contribution in [0, 0.1) is 0 Å². The van der Waals surface area contributed by atoms with Crippen molar-refractivity contribution < 1.29 is 23.7 Å². The fourth-order valence-electron chi connectivity index (χ4n) is 2.96. The lowest BCUT2D eigenvalue weighted by Crippen LogP contribution is -2.67. The molecule has 0 radical (unpaired) electrons. The summed E-state index contributed by atoms with van der Waals surface area (Å²) in [4.78, 5) is 0. The number of hydrogen-bond acceptors (Lipinski definition) is 6. The molecule has 7 nitrogen and oxygen atoms in total. The molecule has 1 aromatic carbocycles. The van der Waals surface area contributed by atoms with E-state index in [-0.39, 0.29) is 17.3 Å². The maximum atomic E-state index is 6.14. The van der Waals surface area contributed by atoms with Gasteiger partial charge in [0, 0.05) is 14.2 Å². The molecule has 0 saturated carbocycles. The minimum Gasteiger partial charge on any atom is -0.487 e. The Morgan fingerprint density at radius 1 is 1.26 bits per heavy atom. The maximum Gasteiger partial charge on any atom is 0.186 e. The summed E-state index contributed by atoms with van der Waals surface area (Å²) in [5.74, 6) is 1.31. The largest absolute Gasteiger partial charge is 0.487 e. The molecule has 1 fully saturated rings. The van der Waals surface area contributed by atoms with E-state index in [9.17, 15) is 0 Å². The third-order valence-corrected chi connectivity index (χ3v) is 4.10. The topological polar surface area (TPSA) is 84.2 Å². The quantitative estimate of drug-likeness (QED) is 0.766. The van der Waals surface area contributed by atoms with Gasteiger partial charge in [0.1, 0.15) is 18.8 Å². The zero-order valence-corrected chi connectivity index (χ0v) is 13.7. The summed E-state index contributed by atoms with van der Waals surface area (Å²) >= 11 is 5.00. The fraction of sp³-hybridized carbons (Fsp3) is 0.533. The van der Waals surface area contributed by atoms with Crippen molar-refractivity contribution >= 4 is 17.3 Å². The Labute approximate surface area is 140 Å². The summed E-state index contributed by atoms with van der Waals surface area (Å²) in [6.07, 6.45) is -1.77. The van der Waals surface area contributed by atoms with E-state index in [0.29, 0.717) is 18.1 Å². The number of nitrogens with two attached hydrogens (primary N) is 1. The number of thiocarbonyl (C=S) groups is 1. The van der Waals surface area contributed by atoms with E-state index in [1.165, 1.54) is 0 Å². The van der Waals surface area contributed by atoms with Crippen LogP contribution in [-0.2, 0) is 14.2 Å². The van der Waals surface area contributed by atoms with Crippen LogP contribution >= 0.6 is 12.2 Å². The summed E-state index contributed by atoms with van der Waals surface area (Å²) in [6.45, 7) is 0.327. The molecule has 0 bridgehead atoms. The van der Waals surface area contributed by atoms with Crippen molar-refractivity contribution in [3.8, 4) is 11.5 Å². The van der Waals surface area contributed by atoms with E-state index < -0.39 is 18.5 Å². The van der Waals surface area contributed by atoms with Gasteiger partial charge < -0.3 is 34.7 Å². The Balaban J connectivity index is 1.93. The number of para-hydroxylation sites is 2. The van der Waals surface area contributed by atoms with Gasteiger partial charge in [0.25, 0.3) is 0 Å². The lowest BCUT2D eigenvalue weighted by Gasteiger charge is -2.44. The summed E-state index contributed by atoms with van der Waals surface area (Å²) in [5, 5.41) is 3.21. The molecule has 0 aromatic heterocycles. The minimum absolute atomic E-state index is 0.162. The van der Waals surface area contributed by atoms with Gasteiger partial charge in [0.2, 0.25) is 0 Å². The van der Waals surface area contributed by atoms with Crippen LogP contribution in [0.5, 0.6) is 11.5 Å². The van der Waals surface area contributed by atoms with E-state index >= 15 is 0 Å². The number of nitrogens with one attached hydrogen (secondary N) is 1. The minimum atomic E-state index is -0.582. The molecular formula is C15H20N2O5S. The molecule has 0 spiro atoms. The molecule has 5 atom stereocenters. The molecule has 0 unspecified atom stereocenters. The molecule has 2 aliphatic rings. The molecule has 0 aliphatic carbocycles. The molecule has 2 aliphatic heterocycles. The van der Waals surface area contributed by atoms with Gasteiger partial charge in [0.05, 0.1) is 6.04 Å². The second kappa shape index (κ2) is 6.88. The summed E-state index contributed by atoms with van der Waals surface area (Å²) < 4.78 is 28.8. The number of benzene rings is 1. The third kappa shape index (κ3) is 3.20. The predicted octanol–water partition coefficient (Wildman–Crippen LogP) is 0.415. The van der Waals surface area contributed by atoms with Crippen LogP contribution in [0.4, 0.5) is 0 Å². The molecular weight excluding hydrogens is 320 g/mol. The molecule has 3 rings (SSSR count). The van der Waals surface area contributed by atoms with Gasteiger partial charge in [-0.25, -0.2) is 0 Å². The maximum absolute atomic E-state index is 6.14. The highest BCUT2D eigenvalue weighted by Crippen LogP contribution is 2.35. The molecule has 8 heteroatoms. The Hall–Kier alpha value is -1.61. The first kappa shape index (κ1) is 16.3. The van der Waals surface area contributed by atoms with Crippen LogP contribution in [0.1, 0.15) is 0 Å². The average molecular weight is 340 g/mol. The first-order valence-corrected chi connectivity index (χ1v) is 7.70. The summed E-state index contributed by atoms with van der Waals surface area (Å²) in [6, 6.07) is 7.13. The molecule has 3 N–H and O–H groups in total. The van der Waals surface area contributed by atoms with Crippen molar-refractivity contribution in [3.05, 3.63) is 24.3 Å². The van der Waals surface area contributed by atoms with Crippen LogP contribution in [0.3, 0.4) is 0 Å². The van der Waals surface area contributed by atoms with Crippen LogP contribution in [0.2, 0.25) is 0 Å². The monoisotopic (exact) mass is 340 g/mol. The van der Waals surface area contributed by atoms with E-state index in [4.69, 9.17) is 41.6 Å². The van der Waals surface area contributed by atoms with E-state index in [1.807, 2.05) is 24.3 Å². The second-order valence-corrected chi connectivity index (χ2v) is 5.79. The smallest absolute Gasteiger partial charge is 0.186 e. The Bertz CT molecular complexity index is 573. The zero-order valence-electron chi connectivity index (χ0n) is 12.9. The first-order valence-electron chi connectivity index (χ1n) is 7.29. The number of hydrogen-bond donors (Lipinski definition) is 2. The van der Waals surface area contributed by atoms with Crippen molar-refractivity contribution in [2.24, 2.45) is 5.73 Å². The van der Waals surface area contributed by atoms with Crippen molar-refractivity contribution in [1.29, 1.82) is 0 Å². The van der Waals surface area contributed by atoms with Crippen LogP contribution in [-0.4, -0.2) is 56.6 Å². The average Bonchev–Trinajstić information content (AvgIpc) is 2.73. The normalized spacial score (nSPS) is 32.5. The van der Waals surface area contributed by atoms with Gasteiger partial charge in [-0.15, -0.1) is 0 Å². The summed E-state index contributed by atoms with van der Waals surface area (Å²) in [7, 11) is 3.14. The van der Waals surface area contributed by atoms with E-state index in [1.54, 1.807) is 14.2 Å². The van der Waals surface area contributed by atoms with Gasteiger partial charge in [-0.3, -0.25) is 0 Å². The highest BCUT2D eigenvalue weighted by atomic mass is 32.1. The Morgan fingerprint density at radius 2 is 2.00 bits per heavy atom. The van der Waals surface area contributed by atoms with E-state index in [0.717, 1.165) is 0 Å². The Morgan fingerprint density at radius 3 is 2.65 bits per heavy atom. The number of methoxy groups -OCH3 is 2. The van der Waals surface area contributed by atoms with Gasteiger partial charge in [-0.1, -0.05) is 12.1 Å². The SMILES string of the molecule is CO[C@H]1O[C@@H]2COc3ccccc3O[C@@H]2[C@H](NC(N)=S)[C@H]1OC. The van der Waals surface area contributed by atoms with Crippen LogP contribution in [0.25, 0.3) is 0 Å². The lowest BCUT2D eigenvalue weighted by atomic mass is 9.96. The molecule has 0 amide bonds. The van der Waals surface area contributed by atoms with Gasteiger partial charge in [-0.2, -0.15) is 0 Å². The molecule has 1 saturated heterocycles. The van der Waals surface area contributed by atoms with Crippen molar-refractivity contribution in [1.82, 2.24) is 5.32 Å².